The largest absolute Gasteiger partial charge is 0.452 e. The number of rotatable bonds is 4. The maximum atomic E-state index is 12.3. The molecule has 1 atom stereocenters. The molecule has 19 heavy (non-hydrogen) atoms. The summed E-state index contributed by atoms with van der Waals surface area (Å²) < 4.78 is 40.3. The highest BCUT2D eigenvalue weighted by molar-refractivity contribution is 7.09. The third-order valence-corrected chi connectivity index (χ3v) is 3.94. The minimum absolute atomic E-state index is 0.246. The van der Waals surface area contributed by atoms with Gasteiger partial charge in [0.2, 0.25) is 11.0 Å². The van der Waals surface area contributed by atoms with Crippen molar-refractivity contribution in [1.82, 2.24) is 14.3 Å². The van der Waals surface area contributed by atoms with Gasteiger partial charge in [0, 0.05) is 30.7 Å². The zero-order valence-corrected chi connectivity index (χ0v) is 11.7. The second-order valence-corrected chi connectivity index (χ2v) is 5.80. The van der Waals surface area contributed by atoms with Crippen LogP contribution in [0.4, 0.5) is 18.3 Å². The Balaban J connectivity index is 1.82. The Kier molecular flexibility index (Phi) is 4.29. The van der Waals surface area contributed by atoms with Crippen LogP contribution < -0.4 is 5.32 Å². The van der Waals surface area contributed by atoms with Crippen LogP contribution in [0.5, 0.6) is 0 Å². The molecule has 1 N–H and O–H groups in total. The van der Waals surface area contributed by atoms with Gasteiger partial charge in [-0.05, 0) is 32.7 Å². The van der Waals surface area contributed by atoms with E-state index in [1.54, 1.807) is 0 Å². The highest BCUT2D eigenvalue weighted by Crippen LogP contribution is 2.29. The Morgan fingerprint density at radius 1 is 1.47 bits per heavy atom. The number of anilines is 1. The Morgan fingerprint density at radius 2 is 2.21 bits per heavy atom. The normalized spacial score (nSPS) is 21.3. The minimum Gasteiger partial charge on any atom is -0.360 e. The lowest BCUT2D eigenvalue weighted by molar-refractivity contribution is -0.144. The van der Waals surface area contributed by atoms with E-state index in [9.17, 15) is 13.2 Å². The molecule has 0 amide bonds. The molecule has 2 rings (SSSR count). The summed E-state index contributed by atoms with van der Waals surface area (Å²) in [5.41, 5.74) is 0. The zero-order valence-electron chi connectivity index (χ0n) is 10.9. The van der Waals surface area contributed by atoms with Crippen LogP contribution in [0, 0.1) is 5.92 Å². The van der Waals surface area contributed by atoms with Crippen LogP contribution in [0.3, 0.4) is 0 Å². The van der Waals surface area contributed by atoms with E-state index in [1.807, 2.05) is 0 Å². The SMILES string of the molecule is CC(C)N1CCC(CNc2nc(C(F)(F)F)ns2)C1. The summed E-state index contributed by atoms with van der Waals surface area (Å²) in [6, 6.07) is 0.517. The summed E-state index contributed by atoms with van der Waals surface area (Å²) in [5, 5.41) is 3.20. The molecule has 8 heteroatoms. The molecule has 1 fully saturated rings. The number of nitrogens with zero attached hydrogens (tertiary/aromatic N) is 3. The van der Waals surface area contributed by atoms with Gasteiger partial charge in [-0.2, -0.15) is 22.5 Å². The molecule has 1 aromatic rings. The third-order valence-electron chi connectivity index (χ3n) is 3.27. The van der Waals surface area contributed by atoms with Gasteiger partial charge in [-0.25, -0.2) is 0 Å². The molecule has 1 aliphatic heterocycles. The van der Waals surface area contributed by atoms with E-state index >= 15 is 0 Å². The number of aromatic nitrogens is 2. The standard InChI is InChI=1S/C11H17F3N4S/c1-7(2)18-4-3-8(6-18)5-15-10-16-9(17-19-10)11(12,13)14/h7-8H,3-6H2,1-2H3,(H,15,16,17). The van der Waals surface area contributed by atoms with Gasteiger partial charge in [0.25, 0.3) is 0 Å². The summed E-state index contributed by atoms with van der Waals surface area (Å²) in [6.07, 6.45) is -3.39. The first-order chi connectivity index (χ1) is 8.86. The van der Waals surface area contributed by atoms with E-state index in [0.29, 0.717) is 18.5 Å². The van der Waals surface area contributed by atoms with Crippen LogP contribution in [0.25, 0.3) is 0 Å². The Hall–Kier alpha value is -0.890. The average Bonchev–Trinajstić information content (AvgIpc) is 2.95. The number of alkyl halides is 3. The predicted octanol–water partition coefficient (Wildman–Crippen LogP) is 2.70. The molecule has 0 saturated carbocycles. The monoisotopic (exact) mass is 294 g/mol. The zero-order chi connectivity index (χ0) is 14.0. The highest BCUT2D eigenvalue weighted by atomic mass is 32.1. The molecule has 0 spiro atoms. The van der Waals surface area contributed by atoms with Gasteiger partial charge in [0.05, 0.1) is 0 Å². The molecule has 1 aromatic heterocycles. The fourth-order valence-electron chi connectivity index (χ4n) is 2.14. The summed E-state index contributed by atoms with van der Waals surface area (Å²) in [6.45, 7) is 6.98. The molecule has 0 radical (unpaired) electrons. The Labute approximate surface area is 114 Å². The molecule has 1 unspecified atom stereocenters. The quantitative estimate of drug-likeness (QED) is 0.927. The average molecular weight is 294 g/mol. The Bertz CT molecular complexity index is 418. The summed E-state index contributed by atoms with van der Waals surface area (Å²) in [5.74, 6) is -0.601. The fraction of sp³-hybridized carbons (Fsp3) is 0.818. The van der Waals surface area contributed by atoms with Crippen molar-refractivity contribution in [2.45, 2.75) is 32.5 Å². The summed E-state index contributed by atoms with van der Waals surface area (Å²) >= 11 is 0.761. The number of halogens is 3. The van der Waals surface area contributed by atoms with Crippen LogP contribution >= 0.6 is 11.5 Å². The first-order valence-corrected chi connectivity index (χ1v) is 7.02. The van der Waals surface area contributed by atoms with Crippen molar-refractivity contribution in [2.75, 3.05) is 25.0 Å². The van der Waals surface area contributed by atoms with Gasteiger partial charge in [0.15, 0.2) is 0 Å². The molecule has 0 bridgehead atoms. The molecule has 4 nitrogen and oxygen atoms in total. The Morgan fingerprint density at radius 3 is 2.74 bits per heavy atom. The molecule has 1 saturated heterocycles. The van der Waals surface area contributed by atoms with E-state index in [1.165, 1.54) is 0 Å². The number of hydrogen-bond acceptors (Lipinski definition) is 5. The molecular weight excluding hydrogens is 277 g/mol. The number of hydrogen-bond donors (Lipinski definition) is 1. The first kappa shape index (κ1) is 14.5. The van der Waals surface area contributed by atoms with E-state index < -0.39 is 12.0 Å². The minimum atomic E-state index is -4.46. The van der Waals surface area contributed by atoms with Crippen LogP contribution in [-0.2, 0) is 6.18 Å². The molecular formula is C11H17F3N4S. The number of nitrogens with one attached hydrogen (secondary N) is 1. The van der Waals surface area contributed by atoms with Crippen molar-refractivity contribution in [3.63, 3.8) is 0 Å². The van der Waals surface area contributed by atoms with Crippen LogP contribution in [-0.4, -0.2) is 39.9 Å². The van der Waals surface area contributed by atoms with Crippen molar-refractivity contribution in [3.05, 3.63) is 5.82 Å². The van der Waals surface area contributed by atoms with Crippen molar-refractivity contribution >= 4 is 16.7 Å². The number of likely N-dealkylation sites (tertiary alicyclic amines) is 1. The van der Waals surface area contributed by atoms with Gasteiger partial charge >= 0.3 is 6.18 Å². The van der Waals surface area contributed by atoms with Crippen molar-refractivity contribution in [3.8, 4) is 0 Å². The summed E-state index contributed by atoms with van der Waals surface area (Å²) in [7, 11) is 0. The van der Waals surface area contributed by atoms with E-state index in [4.69, 9.17) is 0 Å². The smallest absolute Gasteiger partial charge is 0.360 e. The van der Waals surface area contributed by atoms with Gasteiger partial charge in [0.1, 0.15) is 0 Å². The lowest BCUT2D eigenvalue weighted by Crippen LogP contribution is -2.29. The van der Waals surface area contributed by atoms with E-state index in [-0.39, 0.29) is 5.13 Å². The lowest BCUT2D eigenvalue weighted by Gasteiger charge is -2.20. The molecule has 2 heterocycles. The second kappa shape index (κ2) is 5.62. The third kappa shape index (κ3) is 3.79. The van der Waals surface area contributed by atoms with Crippen LogP contribution in [0.2, 0.25) is 0 Å². The van der Waals surface area contributed by atoms with Gasteiger partial charge in [-0.1, -0.05) is 0 Å². The van der Waals surface area contributed by atoms with Gasteiger partial charge < -0.3 is 10.2 Å². The highest BCUT2D eigenvalue weighted by Gasteiger charge is 2.36. The first-order valence-electron chi connectivity index (χ1n) is 6.25. The van der Waals surface area contributed by atoms with Crippen LogP contribution in [0.1, 0.15) is 26.1 Å². The summed E-state index contributed by atoms with van der Waals surface area (Å²) in [4.78, 5) is 5.82. The predicted molar refractivity (Wildman–Crippen MR) is 68.2 cm³/mol. The van der Waals surface area contributed by atoms with E-state index in [2.05, 4.69) is 33.4 Å². The topological polar surface area (TPSA) is 41.0 Å². The van der Waals surface area contributed by atoms with Crippen molar-refractivity contribution < 1.29 is 13.2 Å². The van der Waals surface area contributed by atoms with Gasteiger partial charge in [-0.15, -0.1) is 0 Å². The van der Waals surface area contributed by atoms with Crippen LogP contribution in [0.15, 0.2) is 0 Å². The fourth-order valence-corrected chi connectivity index (χ4v) is 2.73. The second-order valence-electron chi connectivity index (χ2n) is 5.05. The van der Waals surface area contributed by atoms with Crippen molar-refractivity contribution in [2.24, 2.45) is 5.92 Å². The molecule has 0 aromatic carbocycles. The maximum Gasteiger partial charge on any atom is 0.452 e. The lowest BCUT2D eigenvalue weighted by atomic mass is 10.1. The van der Waals surface area contributed by atoms with Crippen molar-refractivity contribution in [1.29, 1.82) is 0 Å². The molecule has 1 aliphatic rings. The van der Waals surface area contributed by atoms with Gasteiger partial charge in [-0.3, -0.25) is 0 Å². The van der Waals surface area contributed by atoms with E-state index in [0.717, 1.165) is 31.0 Å². The molecule has 108 valence electrons. The molecule has 0 aliphatic carbocycles. The maximum absolute atomic E-state index is 12.3.